The first kappa shape index (κ1) is 28.9. The molecule has 0 N–H and O–H groups in total. The van der Waals surface area contributed by atoms with Crippen molar-refractivity contribution >= 4 is 65.2 Å². The molecule has 2 heterocycles. The average molecular weight is 661 g/mol. The highest BCUT2D eigenvalue weighted by Crippen LogP contribution is 2.46. The summed E-state index contributed by atoms with van der Waals surface area (Å²) in [6, 6.07) is 71.0. The first-order chi connectivity index (χ1) is 25.8. The summed E-state index contributed by atoms with van der Waals surface area (Å²) in [5.41, 5.74) is 12.2. The Labute approximate surface area is 301 Å². The quantitative estimate of drug-likeness (QED) is 0.166. The van der Waals surface area contributed by atoms with Gasteiger partial charge in [-0.3, -0.25) is 0 Å². The summed E-state index contributed by atoms with van der Waals surface area (Å²) in [4.78, 5) is 0. The van der Waals surface area contributed by atoms with E-state index in [1.807, 2.05) is 0 Å². The van der Waals surface area contributed by atoms with E-state index in [0.717, 1.165) is 0 Å². The smallest absolute Gasteiger partial charge is 0.0541 e. The van der Waals surface area contributed by atoms with Crippen molar-refractivity contribution in [3.8, 4) is 33.6 Å². The number of rotatable bonds is 4. The molecule has 0 amide bonds. The Morgan fingerprint density at radius 3 is 0.923 bits per heavy atom. The molecule has 2 heteroatoms. The molecule has 0 aliphatic carbocycles. The molecule has 2 aromatic heterocycles. The van der Waals surface area contributed by atoms with Gasteiger partial charge in [0.25, 0.3) is 0 Å². The summed E-state index contributed by atoms with van der Waals surface area (Å²) < 4.78 is 4.78. The minimum absolute atomic E-state index is 1.17. The van der Waals surface area contributed by atoms with Crippen LogP contribution in [0.2, 0.25) is 0 Å². The van der Waals surface area contributed by atoms with Crippen LogP contribution in [0.5, 0.6) is 0 Å². The molecule has 0 aliphatic heterocycles. The summed E-state index contributed by atoms with van der Waals surface area (Å²) in [7, 11) is 0. The Bertz CT molecular complexity index is 2890. The van der Waals surface area contributed by atoms with Gasteiger partial charge in [-0.2, -0.15) is 0 Å². The van der Waals surface area contributed by atoms with E-state index in [9.17, 15) is 0 Å². The fourth-order valence-corrected chi connectivity index (χ4v) is 8.72. The fourth-order valence-electron chi connectivity index (χ4n) is 8.72. The molecule has 0 bridgehead atoms. The van der Waals surface area contributed by atoms with Crippen LogP contribution in [0.4, 0.5) is 0 Å². The lowest BCUT2D eigenvalue weighted by Gasteiger charge is -2.18. The molecule has 0 atom stereocenters. The van der Waals surface area contributed by atoms with E-state index in [1.54, 1.807) is 0 Å². The van der Waals surface area contributed by atoms with Gasteiger partial charge in [0.2, 0.25) is 0 Å². The van der Waals surface area contributed by atoms with Gasteiger partial charge < -0.3 is 9.13 Å². The lowest BCUT2D eigenvalue weighted by Crippen LogP contribution is -1.94. The minimum atomic E-state index is 1.17. The number of nitrogens with zero attached hydrogens (tertiary/aromatic N) is 2. The predicted octanol–water partition coefficient (Wildman–Crippen LogP) is 13.5. The third-order valence-electron chi connectivity index (χ3n) is 10.9. The van der Waals surface area contributed by atoms with Gasteiger partial charge in [-0.25, -0.2) is 0 Å². The Morgan fingerprint density at radius 2 is 0.538 bits per heavy atom. The molecule has 9 aromatic carbocycles. The van der Waals surface area contributed by atoms with Crippen molar-refractivity contribution in [1.29, 1.82) is 0 Å². The zero-order valence-corrected chi connectivity index (χ0v) is 28.4. The van der Waals surface area contributed by atoms with Crippen molar-refractivity contribution in [3.63, 3.8) is 0 Å². The maximum Gasteiger partial charge on any atom is 0.0541 e. The molecule has 0 aliphatic rings. The summed E-state index contributed by atoms with van der Waals surface area (Å²) in [6.45, 7) is 0. The zero-order valence-electron chi connectivity index (χ0n) is 28.4. The van der Waals surface area contributed by atoms with Gasteiger partial charge in [0.05, 0.1) is 22.1 Å². The molecule has 0 fully saturated rings. The molecule has 11 aromatic rings. The van der Waals surface area contributed by atoms with Gasteiger partial charge in [-0.1, -0.05) is 133 Å². The molecule has 2 nitrogen and oxygen atoms in total. The van der Waals surface area contributed by atoms with Crippen molar-refractivity contribution in [2.75, 3.05) is 0 Å². The number of fused-ring (bicyclic) bond motifs is 8. The zero-order chi connectivity index (χ0) is 34.2. The molecule has 0 radical (unpaired) electrons. The molecular weight excluding hydrogens is 629 g/mol. The summed E-state index contributed by atoms with van der Waals surface area (Å²) in [5.74, 6) is 0. The molecule has 11 rings (SSSR count). The number of benzene rings is 9. The predicted molar refractivity (Wildman–Crippen MR) is 221 cm³/mol. The van der Waals surface area contributed by atoms with Crippen LogP contribution in [0.3, 0.4) is 0 Å². The van der Waals surface area contributed by atoms with Gasteiger partial charge >= 0.3 is 0 Å². The Kier molecular flexibility index (Phi) is 6.28. The SMILES string of the molecule is c1ccc(-n2c3ccccc3c3cc(-c4c5ccccc5c(-c5ccc6c(c5)c5ccccc5n6-c5ccccc5)c5ccccc45)ccc32)cc1. The summed E-state index contributed by atoms with van der Waals surface area (Å²) in [6.07, 6.45) is 0. The molecule has 52 heavy (non-hydrogen) atoms. The number of hydrogen-bond donors (Lipinski definition) is 0. The highest BCUT2D eigenvalue weighted by Gasteiger charge is 2.20. The van der Waals surface area contributed by atoms with Crippen LogP contribution in [0.25, 0.3) is 98.8 Å². The molecule has 0 spiro atoms. The van der Waals surface area contributed by atoms with Crippen molar-refractivity contribution in [2.24, 2.45) is 0 Å². The highest BCUT2D eigenvalue weighted by molar-refractivity contribution is 6.23. The number of hydrogen-bond acceptors (Lipinski definition) is 0. The van der Waals surface area contributed by atoms with Gasteiger partial charge in [-0.05, 0) is 104 Å². The van der Waals surface area contributed by atoms with E-state index >= 15 is 0 Å². The number of aromatic nitrogens is 2. The topological polar surface area (TPSA) is 9.86 Å². The summed E-state index contributed by atoms with van der Waals surface area (Å²) >= 11 is 0. The van der Waals surface area contributed by atoms with Crippen LogP contribution in [0.15, 0.2) is 194 Å². The van der Waals surface area contributed by atoms with Gasteiger partial charge in [0.1, 0.15) is 0 Å². The lowest BCUT2D eigenvalue weighted by atomic mass is 9.85. The molecule has 242 valence electrons. The summed E-state index contributed by atoms with van der Waals surface area (Å²) in [5, 5.41) is 10.1. The maximum atomic E-state index is 2.41. The van der Waals surface area contributed by atoms with E-state index in [1.165, 1.54) is 98.8 Å². The first-order valence-electron chi connectivity index (χ1n) is 17.9. The molecule has 0 saturated carbocycles. The van der Waals surface area contributed by atoms with Crippen molar-refractivity contribution in [1.82, 2.24) is 9.13 Å². The van der Waals surface area contributed by atoms with Crippen LogP contribution in [-0.4, -0.2) is 9.13 Å². The van der Waals surface area contributed by atoms with Crippen LogP contribution in [-0.2, 0) is 0 Å². The second kappa shape index (κ2) is 11.3. The van der Waals surface area contributed by atoms with Crippen LogP contribution < -0.4 is 0 Å². The number of para-hydroxylation sites is 4. The monoisotopic (exact) mass is 660 g/mol. The maximum absolute atomic E-state index is 2.41. The Hall–Kier alpha value is -6.90. The van der Waals surface area contributed by atoms with Crippen LogP contribution in [0, 0.1) is 0 Å². The van der Waals surface area contributed by atoms with Gasteiger partial charge in [0.15, 0.2) is 0 Å². The highest BCUT2D eigenvalue weighted by atomic mass is 15.0. The normalized spacial score (nSPS) is 11.8. The Balaban J connectivity index is 1.18. The van der Waals surface area contributed by atoms with Crippen LogP contribution in [0.1, 0.15) is 0 Å². The standard InChI is InChI=1S/C50H32N2/c1-3-15-35(16-4-1)51-45-25-13-11-19-37(45)43-31-33(27-29-47(43)51)49-39-21-7-9-23-41(39)50(42-24-10-8-22-40(42)49)34-28-30-48-44(32-34)38-20-12-14-26-46(38)52(48)36-17-5-2-6-18-36/h1-32H. The largest absolute Gasteiger partial charge is 0.309 e. The van der Waals surface area contributed by atoms with Crippen molar-refractivity contribution < 1.29 is 0 Å². The second-order valence-corrected chi connectivity index (χ2v) is 13.7. The second-order valence-electron chi connectivity index (χ2n) is 13.7. The third-order valence-corrected chi connectivity index (χ3v) is 10.9. The van der Waals surface area contributed by atoms with Crippen molar-refractivity contribution in [3.05, 3.63) is 194 Å². The van der Waals surface area contributed by atoms with Gasteiger partial charge in [-0.15, -0.1) is 0 Å². The fraction of sp³-hybridized carbons (Fsp3) is 0. The van der Waals surface area contributed by atoms with Crippen molar-refractivity contribution in [2.45, 2.75) is 0 Å². The molecule has 0 unspecified atom stereocenters. The Morgan fingerprint density at radius 1 is 0.231 bits per heavy atom. The average Bonchev–Trinajstić information content (AvgIpc) is 3.73. The third kappa shape index (κ3) is 4.19. The molecular formula is C50H32N2. The van der Waals surface area contributed by atoms with Gasteiger partial charge in [0, 0.05) is 32.9 Å². The van der Waals surface area contributed by atoms with E-state index in [4.69, 9.17) is 0 Å². The minimum Gasteiger partial charge on any atom is -0.309 e. The molecule has 0 saturated heterocycles. The lowest BCUT2D eigenvalue weighted by molar-refractivity contribution is 1.18. The van der Waals surface area contributed by atoms with E-state index in [-0.39, 0.29) is 0 Å². The van der Waals surface area contributed by atoms with Crippen LogP contribution >= 0.6 is 0 Å². The van der Waals surface area contributed by atoms with E-state index < -0.39 is 0 Å². The first-order valence-corrected chi connectivity index (χ1v) is 17.9. The van der Waals surface area contributed by atoms with E-state index in [0.29, 0.717) is 0 Å². The van der Waals surface area contributed by atoms with E-state index in [2.05, 4.69) is 203 Å².